The lowest BCUT2D eigenvalue weighted by Gasteiger charge is -2.39. The molecule has 2 aliphatic rings. The van der Waals surface area contributed by atoms with Crippen molar-refractivity contribution in [1.29, 1.82) is 0 Å². The zero-order valence-electron chi connectivity index (χ0n) is 22.9. The Kier molecular flexibility index (Phi) is 14.6. The monoisotopic (exact) mass is 466 g/mol. The molecule has 2 saturated heterocycles. The highest BCUT2D eigenvalue weighted by atomic mass is 16.6. The smallest absolute Gasteiger partial charge is 0.110 e. The lowest BCUT2D eigenvalue weighted by Crippen LogP contribution is -2.48. The van der Waals surface area contributed by atoms with E-state index in [0.29, 0.717) is 0 Å². The SMILES string of the molecule is CCCCCCCCCCCC(C)(OC(C)(CCCCCCCCCCC)C1CO1)C1CO1. The Hall–Kier alpha value is -0.120. The minimum absolute atomic E-state index is 0.152. The van der Waals surface area contributed by atoms with Crippen LogP contribution in [-0.4, -0.2) is 36.6 Å². The van der Waals surface area contributed by atoms with Crippen LogP contribution in [0.1, 0.15) is 156 Å². The summed E-state index contributed by atoms with van der Waals surface area (Å²) in [5.41, 5.74) is -0.303. The van der Waals surface area contributed by atoms with Crippen molar-refractivity contribution in [3.05, 3.63) is 0 Å². The standard InChI is InChI=1S/C30H58O3/c1-5-7-9-11-13-15-17-19-21-23-29(3,27-25-31-27)33-30(4,28-26-32-28)24-22-20-18-16-14-12-10-8-6-2/h27-28H,5-26H2,1-4H3. The summed E-state index contributed by atoms with van der Waals surface area (Å²) >= 11 is 0. The number of epoxide rings is 2. The first-order valence-corrected chi connectivity index (χ1v) is 15.0. The Labute approximate surface area is 207 Å². The van der Waals surface area contributed by atoms with Crippen LogP contribution in [0.25, 0.3) is 0 Å². The van der Waals surface area contributed by atoms with E-state index in [4.69, 9.17) is 14.2 Å². The van der Waals surface area contributed by atoms with Crippen molar-refractivity contribution in [3.8, 4) is 0 Å². The van der Waals surface area contributed by atoms with Crippen molar-refractivity contribution < 1.29 is 14.2 Å². The summed E-state index contributed by atoms with van der Waals surface area (Å²) in [7, 11) is 0. The Bertz CT molecular complexity index is 431. The minimum Gasteiger partial charge on any atom is -0.370 e. The second-order valence-corrected chi connectivity index (χ2v) is 11.5. The van der Waals surface area contributed by atoms with Gasteiger partial charge in [-0.1, -0.05) is 129 Å². The Morgan fingerprint density at radius 2 is 0.788 bits per heavy atom. The Morgan fingerprint density at radius 1 is 0.515 bits per heavy atom. The molecule has 0 N–H and O–H groups in total. The van der Waals surface area contributed by atoms with E-state index in [2.05, 4.69) is 27.7 Å². The van der Waals surface area contributed by atoms with Gasteiger partial charge in [0.2, 0.25) is 0 Å². The van der Waals surface area contributed by atoms with Gasteiger partial charge < -0.3 is 14.2 Å². The molecule has 0 saturated carbocycles. The van der Waals surface area contributed by atoms with Crippen LogP contribution in [0.2, 0.25) is 0 Å². The van der Waals surface area contributed by atoms with Crippen LogP contribution in [0.4, 0.5) is 0 Å². The molecule has 4 atom stereocenters. The summed E-state index contributed by atoms with van der Waals surface area (Å²) in [6.45, 7) is 10.9. The van der Waals surface area contributed by atoms with E-state index in [1.54, 1.807) is 0 Å². The molecule has 196 valence electrons. The molecule has 0 aromatic rings. The van der Waals surface area contributed by atoms with Crippen molar-refractivity contribution in [2.45, 2.75) is 180 Å². The average molecular weight is 467 g/mol. The van der Waals surface area contributed by atoms with Gasteiger partial charge in [0, 0.05) is 0 Å². The lowest BCUT2D eigenvalue weighted by atomic mass is 9.89. The number of hydrogen-bond acceptors (Lipinski definition) is 3. The fourth-order valence-corrected chi connectivity index (χ4v) is 5.46. The first kappa shape index (κ1) is 29.1. The maximum Gasteiger partial charge on any atom is 0.110 e. The third-order valence-electron chi connectivity index (χ3n) is 8.05. The van der Waals surface area contributed by atoms with Crippen molar-refractivity contribution >= 4 is 0 Å². The first-order valence-electron chi connectivity index (χ1n) is 15.0. The number of unbranched alkanes of at least 4 members (excludes halogenated alkanes) is 16. The zero-order chi connectivity index (χ0) is 23.8. The maximum absolute atomic E-state index is 6.97. The van der Waals surface area contributed by atoms with Gasteiger partial charge in [-0.15, -0.1) is 0 Å². The summed E-state index contributed by atoms with van der Waals surface area (Å²) < 4.78 is 18.5. The van der Waals surface area contributed by atoms with Crippen LogP contribution in [0.3, 0.4) is 0 Å². The van der Waals surface area contributed by atoms with E-state index < -0.39 is 0 Å². The second kappa shape index (κ2) is 16.5. The van der Waals surface area contributed by atoms with Crippen LogP contribution < -0.4 is 0 Å². The highest BCUT2D eigenvalue weighted by molar-refractivity contribution is 5.00. The zero-order valence-corrected chi connectivity index (χ0v) is 22.9. The van der Waals surface area contributed by atoms with Gasteiger partial charge in [-0.05, 0) is 26.7 Å². The third-order valence-corrected chi connectivity index (χ3v) is 8.05. The predicted octanol–water partition coefficient (Wildman–Crippen LogP) is 9.16. The summed E-state index contributed by atoms with van der Waals surface area (Å²) in [4.78, 5) is 0. The highest BCUT2D eigenvalue weighted by Crippen LogP contribution is 2.42. The number of ether oxygens (including phenoxy) is 3. The van der Waals surface area contributed by atoms with Gasteiger partial charge in [-0.2, -0.15) is 0 Å². The molecule has 0 aliphatic carbocycles. The molecule has 0 amide bonds. The molecule has 2 rings (SSSR count). The van der Waals surface area contributed by atoms with Crippen molar-refractivity contribution in [3.63, 3.8) is 0 Å². The fraction of sp³-hybridized carbons (Fsp3) is 1.00. The molecule has 0 aromatic carbocycles. The summed E-state index contributed by atoms with van der Waals surface area (Å²) in [5, 5.41) is 0. The van der Waals surface area contributed by atoms with E-state index in [0.717, 1.165) is 26.1 Å². The molecule has 3 nitrogen and oxygen atoms in total. The van der Waals surface area contributed by atoms with Crippen LogP contribution in [-0.2, 0) is 14.2 Å². The minimum atomic E-state index is -0.152. The molecule has 0 aromatic heterocycles. The quantitative estimate of drug-likeness (QED) is 0.105. The average Bonchev–Trinajstić information content (AvgIpc) is 3.68. The van der Waals surface area contributed by atoms with Crippen LogP contribution in [0.5, 0.6) is 0 Å². The summed E-state index contributed by atoms with van der Waals surface area (Å²) in [6.07, 6.45) is 27.5. The van der Waals surface area contributed by atoms with Crippen LogP contribution in [0.15, 0.2) is 0 Å². The van der Waals surface area contributed by atoms with E-state index in [1.807, 2.05) is 0 Å². The molecule has 3 heteroatoms. The Morgan fingerprint density at radius 3 is 1.06 bits per heavy atom. The molecule has 4 unspecified atom stereocenters. The maximum atomic E-state index is 6.97. The van der Waals surface area contributed by atoms with E-state index >= 15 is 0 Å². The molecule has 33 heavy (non-hydrogen) atoms. The summed E-state index contributed by atoms with van der Waals surface area (Å²) in [6, 6.07) is 0. The van der Waals surface area contributed by atoms with Gasteiger partial charge in [-0.25, -0.2) is 0 Å². The van der Waals surface area contributed by atoms with E-state index in [9.17, 15) is 0 Å². The van der Waals surface area contributed by atoms with Crippen molar-refractivity contribution in [2.75, 3.05) is 13.2 Å². The fourth-order valence-electron chi connectivity index (χ4n) is 5.46. The van der Waals surface area contributed by atoms with Gasteiger partial charge in [0.05, 0.1) is 24.4 Å². The molecule has 2 fully saturated rings. The third kappa shape index (κ3) is 12.4. The van der Waals surface area contributed by atoms with Crippen LogP contribution >= 0.6 is 0 Å². The van der Waals surface area contributed by atoms with Crippen molar-refractivity contribution in [1.82, 2.24) is 0 Å². The van der Waals surface area contributed by atoms with Gasteiger partial charge in [0.25, 0.3) is 0 Å². The summed E-state index contributed by atoms with van der Waals surface area (Å²) in [5.74, 6) is 0. The van der Waals surface area contributed by atoms with Crippen molar-refractivity contribution in [2.24, 2.45) is 0 Å². The van der Waals surface area contributed by atoms with E-state index in [1.165, 1.54) is 116 Å². The molecule has 0 bridgehead atoms. The topological polar surface area (TPSA) is 34.3 Å². The molecule has 0 spiro atoms. The predicted molar refractivity (Wildman–Crippen MR) is 141 cm³/mol. The van der Waals surface area contributed by atoms with Gasteiger partial charge in [0.15, 0.2) is 0 Å². The van der Waals surface area contributed by atoms with Gasteiger partial charge in [-0.3, -0.25) is 0 Å². The van der Waals surface area contributed by atoms with Gasteiger partial charge in [0.1, 0.15) is 12.2 Å². The number of hydrogen-bond donors (Lipinski definition) is 0. The Balaban J connectivity index is 1.64. The van der Waals surface area contributed by atoms with Crippen LogP contribution in [0, 0.1) is 0 Å². The number of rotatable bonds is 24. The lowest BCUT2D eigenvalue weighted by molar-refractivity contribution is -0.167. The first-order chi connectivity index (χ1) is 16.0. The normalized spacial score (nSPS) is 23.3. The molecule has 2 aliphatic heterocycles. The molecule has 0 radical (unpaired) electrons. The molecular formula is C30H58O3. The second-order valence-electron chi connectivity index (χ2n) is 11.5. The van der Waals surface area contributed by atoms with Gasteiger partial charge >= 0.3 is 0 Å². The molecular weight excluding hydrogens is 408 g/mol. The molecule has 2 heterocycles. The largest absolute Gasteiger partial charge is 0.370 e. The van der Waals surface area contributed by atoms with E-state index in [-0.39, 0.29) is 23.4 Å². The highest BCUT2D eigenvalue weighted by Gasteiger charge is 2.52.